The molecule has 0 aliphatic carbocycles. The molecule has 10 nitrogen and oxygen atoms in total. The first kappa shape index (κ1) is 35.7. The Bertz CT molecular complexity index is 1540. The molecule has 11 heteroatoms. The van der Waals surface area contributed by atoms with Crippen molar-refractivity contribution in [2.45, 2.75) is 50.2 Å². The number of hydrogen-bond donors (Lipinski definition) is 3. The number of carbonyl (C=O) groups is 2. The molecule has 0 fully saturated rings. The van der Waals surface area contributed by atoms with Crippen LogP contribution in [0.15, 0.2) is 77.7 Å². The molecule has 0 aromatic heterocycles. The summed E-state index contributed by atoms with van der Waals surface area (Å²) in [4.78, 5) is 26.5. The Morgan fingerprint density at radius 1 is 1.00 bits per heavy atom. The predicted octanol–water partition coefficient (Wildman–Crippen LogP) is 2.97. The van der Waals surface area contributed by atoms with E-state index in [9.17, 15) is 23.1 Å². The number of sulfonamides is 1. The third-order valence-corrected chi connectivity index (χ3v) is 8.97. The number of aliphatic hydroxyl groups excluding tert-OH is 1. The van der Waals surface area contributed by atoms with Crippen molar-refractivity contribution in [2.75, 3.05) is 39.9 Å². The summed E-state index contributed by atoms with van der Waals surface area (Å²) in [6.45, 7) is 4.31. The van der Waals surface area contributed by atoms with Crippen LogP contribution in [0.4, 0.5) is 0 Å². The SMILES string of the molecule is C#CCCC(=O)N(NC(=O)CNCCOC)C(Cc1ccccc1)[C@H](O)CN(CC(C)C)S(=O)(=O)c1ccc2ccccc2c1. The number of fused-ring (bicyclic) bond motifs is 1. The Kier molecular flexibility index (Phi) is 14.0. The van der Waals surface area contributed by atoms with E-state index in [0.717, 1.165) is 21.3 Å². The van der Waals surface area contributed by atoms with Crippen LogP contribution in [-0.4, -0.2) is 86.7 Å². The maximum absolute atomic E-state index is 14.0. The molecular weight excluding hydrogens is 592 g/mol. The number of terminal acetylenes is 1. The number of methoxy groups -OCH3 is 1. The molecule has 0 bridgehead atoms. The summed E-state index contributed by atoms with van der Waals surface area (Å²) in [6, 6.07) is 20.6. The lowest BCUT2D eigenvalue weighted by molar-refractivity contribution is -0.147. The maximum Gasteiger partial charge on any atom is 0.252 e. The molecule has 3 aromatic carbocycles. The second-order valence-electron chi connectivity index (χ2n) is 11.2. The average Bonchev–Trinajstić information content (AvgIpc) is 3.03. The number of benzene rings is 3. The lowest BCUT2D eigenvalue weighted by Gasteiger charge is -2.37. The topological polar surface area (TPSA) is 128 Å². The molecule has 3 aromatic rings. The van der Waals surface area contributed by atoms with E-state index in [0.29, 0.717) is 13.2 Å². The summed E-state index contributed by atoms with van der Waals surface area (Å²) in [5.74, 6) is 1.38. The molecule has 3 N–H and O–H groups in total. The van der Waals surface area contributed by atoms with Gasteiger partial charge in [0.25, 0.3) is 5.91 Å². The molecule has 3 rings (SSSR count). The summed E-state index contributed by atoms with van der Waals surface area (Å²) < 4.78 is 34.3. The predicted molar refractivity (Wildman–Crippen MR) is 175 cm³/mol. The molecule has 0 radical (unpaired) electrons. The molecule has 2 atom stereocenters. The number of rotatable bonds is 17. The quantitative estimate of drug-likeness (QED) is 0.118. The molecular formula is C34H44N4O6S. The first-order valence-electron chi connectivity index (χ1n) is 15.0. The molecule has 2 amide bonds. The number of hydrazine groups is 1. The molecule has 1 unspecified atom stereocenters. The van der Waals surface area contributed by atoms with E-state index in [1.165, 1.54) is 4.31 Å². The van der Waals surface area contributed by atoms with Gasteiger partial charge in [0.05, 0.1) is 30.2 Å². The number of ether oxygens (including phenoxy) is 1. The van der Waals surface area contributed by atoms with E-state index in [4.69, 9.17) is 11.2 Å². The molecule has 0 aliphatic heterocycles. The van der Waals surface area contributed by atoms with Crippen molar-refractivity contribution in [1.82, 2.24) is 20.1 Å². The van der Waals surface area contributed by atoms with E-state index < -0.39 is 34.0 Å². The summed E-state index contributed by atoms with van der Waals surface area (Å²) in [7, 11) is -2.51. The second-order valence-corrected chi connectivity index (χ2v) is 13.2. The van der Waals surface area contributed by atoms with Crippen molar-refractivity contribution in [2.24, 2.45) is 5.92 Å². The van der Waals surface area contributed by atoms with Gasteiger partial charge in [0.1, 0.15) is 0 Å². The molecule has 0 saturated heterocycles. The monoisotopic (exact) mass is 636 g/mol. The standard InChI is InChI=1S/C34H44N4O6S/c1-5-6-16-34(41)38(36-33(40)23-35-19-20-44-4)31(21-27-12-8-7-9-13-27)32(39)25-37(24-26(2)3)45(42,43)30-18-17-28-14-10-11-15-29(28)22-30/h1,7-15,17-18,22,26,31-32,35,39H,6,16,19-21,23-25H2,2-4H3,(H,36,40)/t31?,32-/m1/s1. The molecule has 0 aliphatic rings. The number of hydrogen-bond acceptors (Lipinski definition) is 7. The summed E-state index contributed by atoms with van der Waals surface area (Å²) in [6.07, 6.45) is 4.25. The average molecular weight is 637 g/mol. The number of aliphatic hydroxyl groups is 1. The zero-order chi connectivity index (χ0) is 32.8. The lowest BCUT2D eigenvalue weighted by atomic mass is 9.99. The van der Waals surface area contributed by atoms with E-state index in [2.05, 4.69) is 16.7 Å². The van der Waals surface area contributed by atoms with E-state index >= 15 is 0 Å². The van der Waals surface area contributed by atoms with Gasteiger partial charge in [-0.1, -0.05) is 74.5 Å². The van der Waals surface area contributed by atoms with Gasteiger partial charge in [-0.3, -0.25) is 15.0 Å². The van der Waals surface area contributed by atoms with Crippen molar-refractivity contribution in [1.29, 1.82) is 0 Å². The van der Waals surface area contributed by atoms with Gasteiger partial charge >= 0.3 is 0 Å². The fourth-order valence-electron chi connectivity index (χ4n) is 4.92. The number of nitrogens with zero attached hydrogens (tertiary/aromatic N) is 2. The van der Waals surface area contributed by atoms with Crippen LogP contribution < -0.4 is 10.7 Å². The highest BCUT2D eigenvalue weighted by Crippen LogP contribution is 2.24. The maximum atomic E-state index is 14.0. The van der Waals surface area contributed by atoms with Gasteiger partial charge in [-0.25, -0.2) is 13.4 Å². The van der Waals surface area contributed by atoms with Crippen molar-refractivity contribution >= 4 is 32.6 Å². The van der Waals surface area contributed by atoms with Crippen molar-refractivity contribution in [3.63, 3.8) is 0 Å². The van der Waals surface area contributed by atoms with Crippen LogP contribution in [0.1, 0.15) is 32.3 Å². The Morgan fingerprint density at radius 3 is 2.36 bits per heavy atom. The van der Waals surface area contributed by atoms with Crippen LogP contribution in [0, 0.1) is 18.3 Å². The summed E-state index contributed by atoms with van der Waals surface area (Å²) in [5, 5.41) is 17.6. The smallest absolute Gasteiger partial charge is 0.252 e. The van der Waals surface area contributed by atoms with Crippen LogP contribution >= 0.6 is 0 Å². The fraction of sp³-hybridized carbons (Fsp3) is 0.412. The Balaban J connectivity index is 1.98. The van der Waals surface area contributed by atoms with Gasteiger partial charge in [-0.2, -0.15) is 4.31 Å². The van der Waals surface area contributed by atoms with E-state index in [1.807, 2.05) is 68.4 Å². The molecule has 0 heterocycles. The van der Waals surface area contributed by atoms with E-state index in [1.54, 1.807) is 25.3 Å². The zero-order valence-corrected chi connectivity index (χ0v) is 27.0. The fourth-order valence-corrected chi connectivity index (χ4v) is 6.58. The Labute approximate surface area is 266 Å². The van der Waals surface area contributed by atoms with Crippen LogP contribution in [-0.2, 0) is 30.8 Å². The number of nitrogens with one attached hydrogen (secondary N) is 2. The van der Waals surface area contributed by atoms with Crippen LogP contribution in [0.25, 0.3) is 10.8 Å². The van der Waals surface area contributed by atoms with Gasteiger partial charge in [0.15, 0.2) is 0 Å². The third kappa shape index (κ3) is 10.7. The Morgan fingerprint density at radius 2 is 1.69 bits per heavy atom. The van der Waals surface area contributed by atoms with Gasteiger partial charge in [0, 0.05) is 39.6 Å². The highest BCUT2D eigenvalue weighted by atomic mass is 32.2. The van der Waals surface area contributed by atoms with Gasteiger partial charge in [-0.05, 0) is 40.8 Å². The normalized spacial score (nSPS) is 13.0. The summed E-state index contributed by atoms with van der Waals surface area (Å²) in [5.41, 5.74) is 3.44. The van der Waals surface area contributed by atoms with Crippen molar-refractivity contribution < 1.29 is 27.9 Å². The van der Waals surface area contributed by atoms with Crippen LogP contribution in [0.2, 0.25) is 0 Å². The third-order valence-electron chi connectivity index (χ3n) is 7.15. The van der Waals surface area contributed by atoms with Crippen molar-refractivity contribution in [3.05, 3.63) is 78.4 Å². The number of amides is 2. The number of carbonyl (C=O) groups excluding carboxylic acids is 2. The first-order valence-corrected chi connectivity index (χ1v) is 16.5. The van der Waals surface area contributed by atoms with Crippen molar-refractivity contribution in [3.8, 4) is 12.3 Å². The van der Waals surface area contributed by atoms with Crippen LogP contribution in [0.5, 0.6) is 0 Å². The minimum absolute atomic E-state index is 0.0637. The van der Waals surface area contributed by atoms with E-state index in [-0.39, 0.29) is 49.7 Å². The minimum Gasteiger partial charge on any atom is -0.390 e. The second kappa shape index (κ2) is 17.6. The molecule has 242 valence electrons. The van der Waals surface area contributed by atoms with Gasteiger partial charge in [0.2, 0.25) is 15.9 Å². The lowest BCUT2D eigenvalue weighted by Crippen LogP contribution is -2.60. The van der Waals surface area contributed by atoms with Gasteiger partial charge < -0.3 is 15.2 Å². The highest BCUT2D eigenvalue weighted by Gasteiger charge is 2.36. The first-order chi connectivity index (χ1) is 21.6. The van der Waals surface area contributed by atoms with Crippen LogP contribution in [0.3, 0.4) is 0 Å². The molecule has 45 heavy (non-hydrogen) atoms. The van der Waals surface area contributed by atoms with Gasteiger partial charge in [-0.15, -0.1) is 12.3 Å². The Hall–Kier alpha value is -3.79. The molecule has 0 spiro atoms. The minimum atomic E-state index is -4.06. The highest BCUT2D eigenvalue weighted by molar-refractivity contribution is 7.89. The largest absolute Gasteiger partial charge is 0.390 e. The molecule has 0 saturated carbocycles. The zero-order valence-electron chi connectivity index (χ0n) is 26.2. The summed E-state index contributed by atoms with van der Waals surface area (Å²) >= 11 is 0.